The predicted octanol–water partition coefficient (Wildman–Crippen LogP) is 3.01. The lowest BCUT2D eigenvalue weighted by atomic mass is 10.3. The minimum absolute atomic E-state index is 0. The van der Waals surface area contributed by atoms with Crippen molar-refractivity contribution in [3.63, 3.8) is 0 Å². The first-order chi connectivity index (χ1) is 10.1. The third-order valence-corrected chi connectivity index (χ3v) is 3.09. The Morgan fingerprint density at radius 2 is 1.91 bits per heavy atom. The van der Waals surface area contributed by atoms with E-state index in [1.807, 2.05) is 6.20 Å². The average Bonchev–Trinajstić information content (AvgIpc) is 2.47. The highest BCUT2D eigenvalue weighted by Crippen LogP contribution is 2.11. The Morgan fingerprint density at radius 3 is 2.36 bits per heavy atom. The summed E-state index contributed by atoms with van der Waals surface area (Å²) in [5.74, 6) is 1.88. The van der Waals surface area contributed by atoms with Gasteiger partial charge in [0.1, 0.15) is 5.82 Å². The van der Waals surface area contributed by atoms with Gasteiger partial charge in [-0.15, -0.1) is 24.0 Å². The van der Waals surface area contributed by atoms with Crippen LogP contribution in [0, 0.1) is 0 Å². The Bertz CT molecular complexity index is 427. The minimum atomic E-state index is 0. The van der Waals surface area contributed by atoms with Crippen LogP contribution in [0.25, 0.3) is 0 Å². The molecule has 0 aromatic carbocycles. The van der Waals surface area contributed by atoms with Gasteiger partial charge in [0.25, 0.3) is 0 Å². The molecule has 1 aromatic heterocycles. The van der Waals surface area contributed by atoms with Crippen LogP contribution >= 0.6 is 24.0 Å². The normalized spacial score (nSPS) is 11.1. The second kappa shape index (κ2) is 11.5. The molecule has 0 saturated heterocycles. The molecule has 2 N–H and O–H groups in total. The molecule has 1 aromatic rings. The molecule has 0 unspecified atom stereocenters. The fourth-order valence-corrected chi connectivity index (χ4v) is 2.01. The second-order valence-electron chi connectivity index (χ2n) is 5.19. The molecule has 1 rings (SSSR count). The second-order valence-corrected chi connectivity index (χ2v) is 5.19. The summed E-state index contributed by atoms with van der Waals surface area (Å²) in [6.07, 6.45) is 1.91. The number of pyridine rings is 1. The van der Waals surface area contributed by atoms with Crippen molar-refractivity contribution < 1.29 is 0 Å². The van der Waals surface area contributed by atoms with E-state index in [9.17, 15) is 0 Å². The van der Waals surface area contributed by atoms with Crippen LogP contribution in [-0.2, 0) is 6.54 Å². The van der Waals surface area contributed by atoms with Crippen molar-refractivity contribution in [2.75, 3.05) is 24.5 Å². The van der Waals surface area contributed by atoms with Crippen LogP contribution in [0.5, 0.6) is 0 Å². The summed E-state index contributed by atoms with van der Waals surface area (Å²) in [7, 11) is 0. The van der Waals surface area contributed by atoms with Crippen molar-refractivity contribution in [1.82, 2.24) is 15.6 Å². The number of anilines is 1. The molecule has 0 aliphatic heterocycles. The van der Waals surface area contributed by atoms with Crippen molar-refractivity contribution in [3.8, 4) is 0 Å². The number of hydrogen-bond donors (Lipinski definition) is 2. The molecule has 5 nitrogen and oxygen atoms in total. The maximum Gasteiger partial charge on any atom is 0.191 e. The summed E-state index contributed by atoms with van der Waals surface area (Å²) < 4.78 is 0. The quantitative estimate of drug-likeness (QED) is 0.405. The van der Waals surface area contributed by atoms with E-state index >= 15 is 0 Å². The smallest absolute Gasteiger partial charge is 0.191 e. The van der Waals surface area contributed by atoms with Gasteiger partial charge in [0.2, 0.25) is 0 Å². The third kappa shape index (κ3) is 7.29. The molecule has 0 amide bonds. The highest BCUT2D eigenvalue weighted by atomic mass is 127. The van der Waals surface area contributed by atoms with Gasteiger partial charge in [-0.2, -0.15) is 0 Å². The summed E-state index contributed by atoms with van der Waals surface area (Å²) in [4.78, 5) is 11.3. The van der Waals surface area contributed by atoms with Gasteiger partial charge in [-0.25, -0.2) is 9.98 Å². The molecular formula is C16H30IN5. The van der Waals surface area contributed by atoms with Gasteiger partial charge in [0.15, 0.2) is 5.96 Å². The maximum atomic E-state index is 4.58. The molecule has 0 bridgehead atoms. The lowest BCUT2D eigenvalue weighted by Crippen LogP contribution is -2.41. The van der Waals surface area contributed by atoms with Crippen molar-refractivity contribution in [2.24, 2.45) is 4.99 Å². The van der Waals surface area contributed by atoms with Crippen molar-refractivity contribution in [3.05, 3.63) is 23.9 Å². The highest BCUT2D eigenvalue weighted by molar-refractivity contribution is 14.0. The minimum Gasteiger partial charge on any atom is -0.357 e. The van der Waals surface area contributed by atoms with E-state index in [0.29, 0.717) is 12.6 Å². The largest absolute Gasteiger partial charge is 0.357 e. The molecule has 126 valence electrons. The average molecular weight is 419 g/mol. The molecule has 22 heavy (non-hydrogen) atoms. The standard InChI is InChI=1S/C16H29N5.HI/c1-6-17-16(20-13(4)5)19-12-14-9-10-15(18-11-14)21(7-2)8-3;/h9-11,13H,6-8,12H2,1-5H3,(H2,17,19,20);1H. The zero-order chi connectivity index (χ0) is 15.7. The van der Waals surface area contributed by atoms with Crippen molar-refractivity contribution >= 4 is 35.8 Å². The highest BCUT2D eigenvalue weighted by Gasteiger charge is 2.03. The van der Waals surface area contributed by atoms with Gasteiger partial charge >= 0.3 is 0 Å². The van der Waals surface area contributed by atoms with E-state index in [-0.39, 0.29) is 24.0 Å². The van der Waals surface area contributed by atoms with Gasteiger partial charge in [0, 0.05) is 31.9 Å². The molecular weight excluding hydrogens is 389 g/mol. The van der Waals surface area contributed by atoms with Crippen molar-refractivity contribution in [1.29, 1.82) is 0 Å². The van der Waals surface area contributed by atoms with E-state index in [2.05, 4.69) is 72.3 Å². The van der Waals surface area contributed by atoms with Crippen LogP contribution in [0.2, 0.25) is 0 Å². The molecule has 0 aliphatic rings. The summed E-state index contributed by atoms with van der Waals surface area (Å²) in [6.45, 7) is 14.0. The van der Waals surface area contributed by atoms with E-state index in [1.54, 1.807) is 0 Å². The van der Waals surface area contributed by atoms with Crippen LogP contribution in [0.3, 0.4) is 0 Å². The fourth-order valence-electron chi connectivity index (χ4n) is 2.01. The molecule has 0 fully saturated rings. The topological polar surface area (TPSA) is 52.6 Å². The van der Waals surface area contributed by atoms with Gasteiger partial charge in [-0.05, 0) is 46.2 Å². The molecule has 0 spiro atoms. The number of nitrogens with zero attached hydrogens (tertiary/aromatic N) is 3. The van der Waals surface area contributed by atoms with E-state index in [1.165, 1.54) is 0 Å². The Balaban J connectivity index is 0.00000441. The fraction of sp³-hybridized carbons (Fsp3) is 0.625. The van der Waals surface area contributed by atoms with Crippen LogP contribution < -0.4 is 15.5 Å². The van der Waals surface area contributed by atoms with Gasteiger partial charge in [-0.3, -0.25) is 0 Å². The molecule has 1 heterocycles. The molecule has 0 atom stereocenters. The van der Waals surface area contributed by atoms with Crippen LogP contribution in [0.15, 0.2) is 23.3 Å². The molecule has 0 radical (unpaired) electrons. The van der Waals surface area contributed by atoms with Gasteiger partial charge in [0.05, 0.1) is 6.54 Å². The van der Waals surface area contributed by atoms with E-state index < -0.39 is 0 Å². The number of guanidine groups is 1. The Labute approximate surface area is 152 Å². The SMILES string of the molecule is CCNC(=NCc1ccc(N(CC)CC)nc1)NC(C)C.I. The lowest BCUT2D eigenvalue weighted by molar-refractivity contribution is 0.700. The zero-order valence-corrected chi connectivity index (χ0v) is 16.7. The zero-order valence-electron chi connectivity index (χ0n) is 14.4. The summed E-state index contributed by atoms with van der Waals surface area (Å²) in [6, 6.07) is 4.54. The lowest BCUT2D eigenvalue weighted by Gasteiger charge is -2.19. The Hall–Kier alpha value is -1.05. The number of halogens is 1. The summed E-state index contributed by atoms with van der Waals surface area (Å²) >= 11 is 0. The summed E-state index contributed by atoms with van der Waals surface area (Å²) in [5, 5.41) is 6.55. The number of hydrogen-bond acceptors (Lipinski definition) is 3. The third-order valence-electron chi connectivity index (χ3n) is 3.09. The number of aliphatic imine (C=N–C) groups is 1. The Morgan fingerprint density at radius 1 is 1.23 bits per heavy atom. The molecule has 0 saturated carbocycles. The van der Waals surface area contributed by atoms with Crippen molar-refractivity contribution in [2.45, 2.75) is 47.2 Å². The van der Waals surface area contributed by atoms with E-state index in [0.717, 1.165) is 37.0 Å². The first-order valence-electron chi connectivity index (χ1n) is 7.85. The van der Waals surface area contributed by atoms with Crippen LogP contribution in [0.1, 0.15) is 40.2 Å². The maximum absolute atomic E-state index is 4.58. The Kier molecular flexibility index (Phi) is 11.0. The number of nitrogens with one attached hydrogen (secondary N) is 2. The first kappa shape index (κ1) is 20.9. The van der Waals surface area contributed by atoms with Gasteiger partial charge in [-0.1, -0.05) is 6.07 Å². The molecule has 0 aliphatic carbocycles. The van der Waals surface area contributed by atoms with Crippen LogP contribution in [-0.4, -0.2) is 36.6 Å². The molecule has 6 heteroatoms. The first-order valence-corrected chi connectivity index (χ1v) is 7.85. The number of aromatic nitrogens is 1. The van der Waals surface area contributed by atoms with E-state index in [4.69, 9.17) is 0 Å². The monoisotopic (exact) mass is 419 g/mol. The predicted molar refractivity (Wildman–Crippen MR) is 106 cm³/mol. The number of rotatable bonds is 7. The van der Waals surface area contributed by atoms with Crippen LogP contribution in [0.4, 0.5) is 5.82 Å². The summed E-state index contributed by atoms with van der Waals surface area (Å²) in [5.41, 5.74) is 1.12. The van der Waals surface area contributed by atoms with Gasteiger partial charge < -0.3 is 15.5 Å².